The Balaban J connectivity index is 0.00000361. The Hall–Kier alpha value is -0.450. The van der Waals surface area contributed by atoms with Gasteiger partial charge in [0.25, 0.3) is 0 Å². The lowest BCUT2D eigenvalue weighted by molar-refractivity contribution is -0.120. The first-order valence-electron chi connectivity index (χ1n) is 7.71. The highest BCUT2D eigenvalue weighted by Crippen LogP contribution is 2.15. The van der Waals surface area contributed by atoms with Gasteiger partial charge < -0.3 is 15.5 Å². The number of unbranched alkanes of at least 4 members (excludes halogenated alkanes) is 1. The molecule has 4 heteroatoms. The molecule has 1 rings (SSSR count). The zero-order valence-electron chi connectivity index (χ0n) is 12.9. The Bertz CT molecular complexity index is 266. The van der Waals surface area contributed by atoms with Gasteiger partial charge in [0.2, 0.25) is 0 Å². The van der Waals surface area contributed by atoms with Crippen LogP contribution in [0.15, 0.2) is 0 Å². The first-order chi connectivity index (χ1) is 9.04. The topological polar surface area (TPSA) is 49.6 Å². The summed E-state index contributed by atoms with van der Waals surface area (Å²) in [6.45, 7) is 5.47. The van der Waals surface area contributed by atoms with Crippen LogP contribution in [0.2, 0.25) is 0 Å². The van der Waals surface area contributed by atoms with Gasteiger partial charge in [-0.3, -0.25) is 4.79 Å². The second-order valence-corrected chi connectivity index (χ2v) is 5.96. The van der Waals surface area contributed by atoms with Crippen LogP contribution in [0.5, 0.6) is 0 Å². The second kappa shape index (κ2) is 8.67. The molecule has 0 saturated carbocycles. The number of nitrogens with zero attached hydrogens (tertiary/aromatic N) is 2. The standard InChI is InChI=1S/C15H31N3O.H2/c1-4-15(19)14(16)7-5-6-10-18-11-8-13(9-12-18)17(2)3;/h13-14H,4-12,16H2,1-3H3;1H/t14-;/m0./s1. The van der Waals surface area contributed by atoms with E-state index in [0.717, 1.165) is 31.8 Å². The van der Waals surface area contributed by atoms with Crippen LogP contribution < -0.4 is 5.73 Å². The molecule has 114 valence electrons. The van der Waals surface area contributed by atoms with Gasteiger partial charge >= 0.3 is 0 Å². The highest BCUT2D eigenvalue weighted by molar-refractivity contribution is 5.83. The lowest BCUT2D eigenvalue weighted by Gasteiger charge is -2.35. The molecule has 0 aromatic rings. The van der Waals surface area contributed by atoms with E-state index >= 15 is 0 Å². The third-order valence-corrected chi connectivity index (χ3v) is 4.29. The molecule has 1 aliphatic heterocycles. The van der Waals surface area contributed by atoms with E-state index in [9.17, 15) is 4.79 Å². The quantitative estimate of drug-likeness (QED) is 0.683. The van der Waals surface area contributed by atoms with E-state index in [4.69, 9.17) is 5.73 Å². The van der Waals surface area contributed by atoms with Gasteiger partial charge in [0.1, 0.15) is 5.78 Å². The van der Waals surface area contributed by atoms with Crippen molar-refractivity contribution in [2.75, 3.05) is 33.7 Å². The average Bonchev–Trinajstić information content (AvgIpc) is 2.42. The number of rotatable bonds is 8. The van der Waals surface area contributed by atoms with Crippen molar-refractivity contribution in [2.24, 2.45) is 5.73 Å². The zero-order valence-corrected chi connectivity index (χ0v) is 12.9. The van der Waals surface area contributed by atoms with Crippen LogP contribution in [0, 0.1) is 0 Å². The Kier molecular flexibility index (Phi) is 7.57. The van der Waals surface area contributed by atoms with E-state index in [-0.39, 0.29) is 13.3 Å². The summed E-state index contributed by atoms with van der Waals surface area (Å²) in [7, 11) is 4.35. The van der Waals surface area contributed by atoms with Gasteiger partial charge in [-0.15, -0.1) is 0 Å². The first kappa shape index (κ1) is 16.6. The molecule has 1 heterocycles. The maximum Gasteiger partial charge on any atom is 0.149 e. The van der Waals surface area contributed by atoms with Gasteiger partial charge in [-0.05, 0) is 59.4 Å². The Labute approximate surface area is 119 Å². The molecule has 1 aliphatic rings. The summed E-state index contributed by atoms with van der Waals surface area (Å²) in [5.41, 5.74) is 5.83. The third-order valence-electron chi connectivity index (χ3n) is 4.29. The number of carbonyl (C=O) groups excluding carboxylic acids is 1. The van der Waals surface area contributed by atoms with Crippen LogP contribution in [0.4, 0.5) is 0 Å². The van der Waals surface area contributed by atoms with Crippen LogP contribution in [0.1, 0.15) is 46.9 Å². The first-order valence-corrected chi connectivity index (χ1v) is 7.71. The molecule has 19 heavy (non-hydrogen) atoms. The van der Waals surface area contributed by atoms with Crippen molar-refractivity contribution >= 4 is 5.78 Å². The lowest BCUT2D eigenvalue weighted by atomic mass is 10.0. The fourth-order valence-corrected chi connectivity index (χ4v) is 2.78. The highest BCUT2D eigenvalue weighted by Gasteiger charge is 2.20. The number of nitrogens with two attached hydrogens (primary N) is 1. The number of hydrogen-bond acceptors (Lipinski definition) is 4. The van der Waals surface area contributed by atoms with Gasteiger partial charge in [0.15, 0.2) is 0 Å². The van der Waals surface area contributed by atoms with E-state index in [1.54, 1.807) is 0 Å². The van der Waals surface area contributed by atoms with Gasteiger partial charge in [-0.25, -0.2) is 0 Å². The summed E-state index contributed by atoms with van der Waals surface area (Å²) < 4.78 is 0. The molecule has 0 unspecified atom stereocenters. The van der Waals surface area contributed by atoms with E-state index in [2.05, 4.69) is 23.9 Å². The summed E-state index contributed by atoms with van der Waals surface area (Å²) in [5, 5.41) is 0. The Morgan fingerprint density at radius 2 is 2.00 bits per heavy atom. The van der Waals surface area contributed by atoms with Crippen molar-refractivity contribution in [1.82, 2.24) is 9.80 Å². The molecular weight excluding hydrogens is 238 g/mol. The molecule has 4 nitrogen and oxygen atoms in total. The highest BCUT2D eigenvalue weighted by atomic mass is 16.1. The minimum Gasteiger partial charge on any atom is -0.322 e. The van der Waals surface area contributed by atoms with Gasteiger partial charge in [0.05, 0.1) is 6.04 Å². The van der Waals surface area contributed by atoms with Gasteiger partial charge in [-0.2, -0.15) is 0 Å². The fourth-order valence-electron chi connectivity index (χ4n) is 2.78. The maximum atomic E-state index is 11.4. The number of hydrogen-bond donors (Lipinski definition) is 1. The fraction of sp³-hybridized carbons (Fsp3) is 0.933. The monoisotopic (exact) mass is 271 g/mol. The smallest absolute Gasteiger partial charge is 0.149 e. The summed E-state index contributed by atoms with van der Waals surface area (Å²) in [5.74, 6) is 0.201. The van der Waals surface area contributed by atoms with Crippen molar-refractivity contribution in [3.63, 3.8) is 0 Å². The third kappa shape index (κ3) is 6.02. The molecule has 1 fully saturated rings. The van der Waals surface area contributed by atoms with Gasteiger partial charge in [-0.1, -0.05) is 13.3 Å². The number of piperidine rings is 1. The Morgan fingerprint density at radius 3 is 2.53 bits per heavy atom. The van der Waals surface area contributed by atoms with Crippen molar-refractivity contribution in [3.05, 3.63) is 0 Å². The lowest BCUT2D eigenvalue weighted by Crippen LogP contribution is -2.42. The number of carbonyl (C=O) groups is 1. The summed E-state index contributed by atoms with van der Waals surface area (Å²) in [6.07, 6.45) is 6.21. The van der Waals surface area contributed by atoms with Crippen LogP contribution >= 0.6 is 0 Å². The van der Waals surface area contributed by atoms with Crippen molar-refractivity contribution in [3.8, 4) is 0 Å². The van der Waals surface area contributed by atoms with Crippen LogP contribution in [-0.4, -0.2) is 61.4 Å². The molecule has 0 aliphatic carbocycles. The maximum absolute atomic E-state index is 11.4. The largest absolute Gasteiger partial charge is 0.322 e. The zero-order chi connectivity index (χ0) is 14.3. The summed E-state index contributed by atoms with van der Waals surface area (Å²) >= 11 is 0. The normalized spacial score (nSPS) is 19.8. The van der Waals surface area contributed by atoms with Crippen molar-refractivity contribution in [2.45, 2.75) is 57.5 Å². The molecule has 2 N–H and O–H groups in total. The molecule has 1 atom stereocenters. The van der Waals surface area contributed by atoms with E-state index in [0.29, 0.717) is 6.42 Å². The number of ketones is 1. The van der Waals surface area contributed by atoms with Crippen LogP contribution in [0.25, 0.3) is 0 Å². The molecule has 0 aromatic carbocycles. The molecule has 0 spiro atoms. The van der Waals surface area contributed by atoms with Crippen LogP contribution in [-0.2, 0) is 4.79 Å². The summed E-state index contributed by atoms with van der Waals surface area (Å²) in [4.78, 5) is 16.3. The molecule has 0 aromatic heterocycles. The van der Waals surface area contributed by atoms with Crippen LogP contribution in [0.3, 0.4) is 0 Å². The minimum absolute atomic E-state index is 0. The van der Waals surface area contributed by atoms with E-state index in [1.165, 1.54) is 25.9 Å². The minimum atomic E-state index is -0.232. The molecule has 0 bridgehead atoms. The SMILES string of the molecule is CCC(=O)[C@@H](N)CCCCN1CCC(N(C)C)CC1.[HH]. The predicted octanol–water partition coefficient (Wildman–Crippen LogP) is 1.74. The molecule has 0 radical (unpaired) electrons. The average molecular weight is 271 g/mol. The summed E-state index contributed by atoms with van der Waals surface area (Å²) in [6, 6.07) is 0.524. The Morgan fingerprint density at radius 1 is 1.37 bits per heavy atom. The molecule has 0 amide bonds. The van der Waals surface area contributed by atoms with E-state index in [1.807, 2.05) is 6.92 Å². The second-order valence-electron chi connectivity index (χ2n) is 5.96. The number of Topliss-reactive ketones (excluding diaryl/α,β-unsaturated/α-hetero) is 1. The predicted molar refractivity (Wildman–Crippen MR) is 82.4 cm³/mol. The van der Waals surface area contributed by atoms with Crippen molar-refractivity contribution < 1.29 is 6.22 Å². The van der Waals surface area contributed by atoms with Crippen molar-refractivity contribution in [1.29, 1.82) is 0 Å². The molecular formula is C15H33N3O. The van der Waals surface area contributed by atoms with E-state index < -0.39 is 0 Å². The number of likely N-dealkylation sites (tertiary alicyclic amines) is 1. The van der Waals surface area contributed by atoms with Gasteiger partial charge in [0, 0.05) is 13.9 Å². The molecule has 1 saturated heterocycles.